The second kappa shape index (κ2) is 17.5. The molecule has 5 N–H and O–H groups in total. The van der Waals surface area contributed by atoms with Crippen molar-refractivity contribution in [3.63, 3.8) is 0 Å². The quantitative estimate of drug-likeness (QED) is 0.0892. The average Bonchev–Trinajstić information content (AvgIpc) is 3.57. The Balaban J connectivity index is 1.24. The SMILES string of the molecule is O=C(CCCCCC(=O)NCc1cccc(-c2cccc(C3OC(CN4CCCC4CO)CC(c4ccc(CO)cc4)O3)c2)c1)NO. The molecule has 3 aromatic rings. The first-order valence-corrected chi connectivity index (χ1v) is 16.7. The largest absolute Gasteiger partial charge is 0.395 e. The van der Waals surface area contributed by atoms with Crippen LogP contribution in [0.15, 0.2) is 72.8 Å². The maximum atomic E-state index is 12.4. The van der Waals surface area contributed by atoms with Crippen molar-refractivity contribution in [2.45, 2.75) is 89.1 Å². The lowest BCUT2D eigenvalue weighted by atomic mass is 9.98. The van der Waals surface area contributed by atoms with E-state index in [0.29, 0.717) is 32.2 Å². The van der Waals surface area contributed by atoms with Gasteiger partial charge in [0.25, 0.3) is 0 Å². The molecule has 2 amide bonds. The van der Waals surface area contributed by atoms with E-state index in [-0.39, 0.29) is 43.8 Å². The summed E-state index contributed by atoms with van der Waals surface area (Å²) in [5, 5.41) is 31.0. The molecule has 0 aliphatic carbocycles. The molecule has 2 heterocycles. The molecule has 0 spiro atoms. The molecule has 4 atom stereocenters. The summed E-state index contributed by atoms with van der Waals surface area (Å²) in [6, 6.07) is 24.3. The van der Waals surface area contributed by atoms with Gasteiger partial charge in [-0.2, -0.15) is 0 Å². The molecular formula is C37H47N3O7. The Bertz CT molecular complexity index is 1450. The predicted molar refractivity (Wildman–Crippen MR) is 177 cm³/mol. The van der Waals surface area contributed by atoms with Crippen LogP contribution >= 0.6 is 0 Å². The Morgan fingerprint density at radius 2 is 1.57 bits per heavy atom. The molecule has 0 saturated carbocycles. The number of nitrogens with one attached hydrogen (secondary N) is 2. The van der Waals surface area contributed by atoms with E-state index in [1.807, 2.05) is 54.6 Å². The number of aliphatic hydroxyl groups excluding tert-OH is 2. The number of rotatable bonds is 15. The molecule has 2 saturated heterocycles. The fraction of sp³-hybridized carbons (Fsp3) is 0.459. The topological polar surface area (TPSA) is 141 Å². The molecular weight excluding hydrogens is 598 g/mol. The Hall–Kier alpha value is -3.64. The van der Waals surface area contributed by atoms with E-state index in [0.717, 1.165) is 65.7 Å². The van der Waals surface area contributed by atoms with Gasteiger partial charge >= 0.3 is 0 Å². The van der Waals surface area contributed by atoms with Gasteiger partial charge in [0, 0.05) is 44.0 Å². The summed E-state index contributed by atoms with van der Waals surface area (Å²) in [5.74, 6) is -0.448. The Labute approximate surface area is 276 Å². The number of nitrogens with zero attached hydrogens (tertiary/aromatic N) is 1. The van der Waals surface area contributed by atoms with Gasteiger partial charge in [-0.1, -0.05) is 67.1 Å². The van der Waals surface area contributed by atoms with E-state index in [9.17, 15) is 19.8 Å². The molecule has 0 aromatic heterocycles. The monoisotopic (exact) mass is 645 g/mol. The van der Waals surface area contributed by atoms with Gasteiger partial charge in [0.1, 0.15) is 0 Å². The van der Waals surface area contributed by atoms with Crippen LogP contribution in [0.4, 0.5) is 0 Å². The normalized spacial score (nSPS) is 21.4. The number of hydrogen-bond acceptors (Lipinski definition) is 8. The highest BCUT2D eigenvalue weighted by Crippen LogP contribution is 2.39. The Morgan fingerprint density at radius 3 is 2.32 bits per heavy atom. The van der Waals surface area contributed by atoms with Crippen LogP contribution in [-0.2, 0) is 32.2 Å². The molecule has 2 aliphatic rings. The Morgan fingerprint density at radius 1 is 0.830 bits per heavy atom. The molecule has 0 bridgehead atoms. The molecule has 2 aliphatic heterocycles. The van der Waals surface area contributed by atoms with Gasteiger partial charge < -0.3 is 25.0 Å². The minimum Gasteiger partial charge on any atom is -0.395 e. The predicted octanol–water partition coefficient (Wildman–Crippen LogP) is 4.92. The zero-order valence-corrected chi connectivity index (χ0v) is 26.9. The number of ether oxygens (including phenoxy) is 2. The summed E-state index contributed by atoms with van der Waals surface area (Å²) < 4.78 is 13.2. The number of carbonyl (C=O) groups is 2. The van der Waals surface area contributed by atoms with Crippen molar-refractivity contribution < 1.29 is 34.5 Å². The summed E-state index contributed by atoms with van der Waals surface area (Å²) in [6.45, 7) is 2.23. The van der Waals surface area contributed by atoms with Crippen LogP contribution < -0.4 is 10.8 Å². The van der Waals surface area contributed by atoms with Crippen LogP contribution in [0.1, 0.15) is 86.0 Å². The lowest BCUT2D eigenvalue weighted by molar-refractivity contribution is -0.253. The van der Waals surface area contributed by atoms with E-state index in [2.05, 4.69) is 28.4 Å². The van der Waals surface area contributed by atoms with E-state index in [4.69, 9.17) is 14.7 Å². The number of carbonyl (C=O) groups excluding carboxylic acids is 2. The number of hydroxylamine groups is 1. The standard InChI is InChI=1S/C37H47N3O7/c41-24-26-14-16-28(17-15-26)34-21-33(23-40-18-6-11-32(40)25-42)46-37(47-34)31-10-5-9-30(20-31)29-8-4-7-27(19-29)22-38-35(43)12-2-1-3-13-36(44)39-45/h4-5,7-10,14-17,19-20,32-34,37,41-42,45H,1-3,6,11-13,18,21-25H2,(H,38,43)(H,39,44). The molecule has 5 rings (SSSR count). The highest BCUT2D eigenvalue weighted by molar-refractivity contribution is 5.76. The summed E-state index contributed by atoms with van der Waals surface area (Å²) in [4.78, 5) is 25.8. The maximum Gasteiger partial charge on any atom is 0.243 e. The molecule has 4 unspecified atom stereocenters. The van der Waals surface area contributed by atoms with Crippen molar-refractivity contribution >= 4 is 11.8 Å². The summed E-state index contributed by atoms with van der Waals surface area (Å²) in [6.07, 6.45) is 4.58. The number of aliphatic hydroxyl groups is 2. The molecule has 47 heavy (non-hydrogen) atoms. The second-order valence-corrected chi connectivity index (χ2v) is 12.5. The van der Waals surface area contributed by atoms with Gasteiger partial charge in [0.2, 0.25) is 11.8 Å². The number of hydrogen-bond donors (Lipinski definition) is 5. The van der Waals surface area contributed by atoms with Crippen molar-refractivity contribution in [2.24, 2.45) is 0 Å². The molecule has 252 valence electrons. The van der Waals surface area contributed by atoms with Gasteiger partial charge in [-0.25, -0.2) is 5.48 Å². The minimum atomic E-state index is -0.577. The van der Waals surface area contributed by atoms with Crippen molar-refractivity contribution in [2.75, 3.05) is 19.7 Å². The lowest BCUT2D eigenvalue weighted by Crippen LogP contribution is -2.42. The molecule has 2 fully saturated rings. The second-order valence-electron chi connectivity index (χ2n) is 12.5. The van der Waals surface area contributed by atoms with E-state index in [1.165, 1.54) is 0 Å². The zero-order valence-electron chi connectivity index (χ0n) is 26.9. The van der Waals surface area contributed by atoms with E-state index < -0.39 is 12.2 Å². The van der Waals surface area contributed by atoms with E-state index >= 15 is 0 Å². The first-order valence-electron chi connectivity index (χ1n) is 16.7. The molecule has 0 radical (unpaired) electrons. The van der Waals surface area contributed by atoms with Gasteiger partial charge in [-0.3, -0.25) is 19.7 Å². The maximum absolute atomic E-state index is 12.4. The van der Waals surface area contributed by atoms with Crippen LogP contribution in [0.5, 0.6) is 0 Å². The smallest absolute Gasteiger partial charge is 0.243 e. The van der Waals surface area contributed by atoms with Crippen LogP contribution in [0, 0.1) is 0 Å². The highest BCUT2D eigenvalue weighted by Gasteiger charge is 2.35. The first-order chi connectivity index (χ1) is 22.9. The van der Waals surface area contributed by atoms with Crippen molar-refractivity contribution in [1.82, 2.24) is 15.7 Å². The lowest BCUT2D eigenvalue weighted by Gasteiger charge is -2.38. The van der Waals surface area contributed by atoms with Crippen LogP contribution in [-0.4, -0.2) is 64.0 Å². The van der Waals surface area contributed by atoms with Crippen molar-refractivity contribution in [1.29, 1.82) is 0 Å². The zero-order chi connectivity index (χ0) is 33.0. The van der Waals surface area contributed by atoms with Crippen LogP contribution in [0.2, 0.25) is 0 Å². The van der Waals surface area contributed by atoms with E-state index in [1.54, 1.807) is 5.48 Å². The minimum absolute atomic E-state index is 0.00686. The van der Waals surface area contributed by atoms with Crippen LogP contribution in [0.3, 0.4) is 0 Å². The van der Waals surface area contributed by atoms with Gasteiger partial charge in [0.15, 0.2) is 6.29 Å². The summed E-state index contributed by atoms with van der Waals surface area (Å²) in [5.41, 5.74) is 7.46. The number of unbranched alkanes of at least 4 members (excludes halogenated alkanes) is 2. The average molecular weight is 646 g/mol. The Kier molecular flexibility index (Phi) is 12.9. The van der Waals surface area contributed by atoms with Gasteiger partial charge in [0.05, 0.1) is 25.4 Å². The summed E-state index contributed by atoms with van der Waals surface area (Å²) in [7, 11) is 0. The van der Waals surface area contributed by atoms with Gasteiger partial charge in [-0.15, -0.1) is 0 Å². The number of likely N-dealkylation sites (tertiary alicyclic amines) is 1. The number of amides is 2. The van der Waals surface area contributed by atoms with Crippen molar-refractivity contribution in [3.8, 4) is 11.1 Å². The first kappa shape index (κ1) is 34.7. The fourth-order valence-corrected chi connectivity index (χ4v) is 6.46. The summed E-state index contributed by atoms with van der Waals surface area (Å²) >= 11 is 0. The number of benzene rings is 3. The third-order valence-corrected chi connectivity index (χ3v) is 9.10. The van der Waals surface area contributed by atoms with Crippen LogP contribution in [0.25, 0.3) is 11.1 Å². The molecule has 10 heteroatoms. The fourth-order valence-electron chi connectivity index (χ4n) is 6.46. The third-order valence-electron chi connectivity index (χ3n) is 9.10. The van der Waals surface area contributed by atoms with Crippen molar-refractivity contribution in [3.05, 3.63) is 95.1 Å². The third kappa shape index (κ3) is 9.93. The highest BCUT2D eigenvalue weighted by atomic mass is 16.7. The molecule has 3 aromatic carbocycles. The van der Waals surface area contributed by atoms with Gasteiger partial charge in [-0.05, 0) is 72.2 Å². The molecule has 10 nitrogen and oxygen atoms in total.